The van der Waals surface area contributed by atoms with Crippen LogP contribution in [0.3, 0.4) is 0 Å². The van der Waals surface area contributed by atoms with Gasteiger partial charge in [0.15, 0.2) is 5.82 Å². The van der Waals surface area contributed by atoms with Gasteiger partial charge in [0.2, 0.25) is 0 Å². The molecule has 206 valence electrons. The van der Waals surface area contributed by atoms with Crippen LogP contribution in [0, 0.1) is 11.6 Å². The number of benzene rings is 1. The molecular formula is C27H28F3N5O4. The van der Waals surface area contributed by atoms with Gasteiger partial charge in [0, 0.05) is 29.8 Å². The first-order valence-electron chi connectivity index (χ1n) is 12.1. The summed E-state index contributed by atoms with van der Waals surface area (Å²) in [6.07, 6.45) is -0.716. The van der Waals surface area contributed by atoms with E-state index in [0.717, 1.165) is 11.0 Å². The number of hydrogen-bond acceptors (Lipinski definition) is 7. The van der Waals surface area contributed by atoms with Gasteiger partial charge in [-0.3, -0.25) is 14.7 Å². The molecule has 12 heteroatoms. The number of halogens is 3. The SMILES string of the molecule is COc1cc(F)c(-c2ccc(N(C[C@]3(c4ncccc4F)C[C@H](F)C3)C(=O)OC(C)(C)C)nn2)cc1C(N)=O. The molecule has 1 aromatic carbocycles. The maximum absolute atomic E-state index is 14.8. The van der Waals surface area contributed by atoms with Crippen molar-refractivity contribution in [1.82, 2.24) is 15.2 Å². The van der Waals surface area contributed by atoms with E-state index in [1.165, 1.54) is 43.6 Å². The number of aromatic nitrogens is 3. The Morgan fingerprint density at radius 2 is 1.85 bits per heavy atom. The Morgan fingerprint density at radius 3 is 2.38 bits per heavy atom. The molecule has 0 spiro atoms. The van der Waals surface area contributed by atoms with Crippen molar-refractivity contribution in [3.63, 3.8) is 0 Å². The number of alkyl halides is 1. The molecule has 1 saturated carbocycles. The smallest absolute Gasteiger partial charge is 0.416 e. The summed E-state index contributed by atoms with van der Waals surface area (Å²) in [5.74, 6) is -2.21. The molecule has 0 radical (unpaired) electrons. The summed E-state index contributed by atoms with van der Waals surface area (Å²) in [5.41, 5.74) is 3.34. The van der Waals surface area contributed by atoms with Gasteiger partial charge in [-0.1, -0.05) is 0 Å². The van der Waals surface area contributed by atoms with Gasteiger partial charge < -0.3 is 15.2 Å². The highest BCUT2D eigenvalue weighted by Gasteiger charge is 2.51. The first-order chi connectivity index (χ1) is 18.3. The molecule has 0 atom stereocenters. The van der Waals surface area contributed by atoms with Gasteiger partial charge in [0.05, 0.1) is 24.1 Å². The number of carbonyl (C=O) groups excluding carboxylic acids is 2. The third-order valence-corrected chi connectivity index (χ3v) is 6.32. The number of nitrogens with two attached hydrogens (primary N) is 1. The van der Waals surface area contributed by atoms with Crippen LogP contribution in [0.15, 0.2) is 42.6 Å². The number of ether oxygens (including phenoxy) is 2. The fraction of sp³-hybridized carbons (Fsp3) is 0.370. The van der Waals surface area contributed by atoms with Gasteiger partial charge in [-0.05, 0) is 63.9 Å². The lowest BCUT2D eigenvalue weighted by Gasteiger charge is -2.46. The van der Waals surface area contributed by atoms with E-state index in [4.69, 9.17) is 15.2 Å². The van der Waals surface area contributed by atoms with Crippen molar-refractivity contribution in [2.45, 2.75) is 50.8 Å². The average molecular weight is 544 g/mol. The zero-order valence-corrected chi connectivity index (χ0v) is 21.9. The number of rotatable bonds is 7. The molecule has 2 heterocycles. The quantitative estimate of drug-likeness (QED) is 0.457. The van der Waals surface area contributed by atoms with Crippen LogP contribution in [0.25, 0.3) is 11.3 Å². The number of nitrogens with zero attached hydrogens (tertiary/aromatic N) is 4. The number of methoxy groups -OCH3 is 1. The second-order valence-electron chi connectivity index (χ2n) is 10.4. The lowest BCUT2D eigenvalue weighted by Crippen LogP contribution is -2.54. The Labute approximate surface area is 223 Å². The van der Waals surface area contributed by atoms with Crippen LogP contribution in [0.5, 0.6) is 5.75 Å². The van der Waals surface area contributed by atoms with Crippen LogP contribution in [0.2, 0.25) is 0 Å². The van der Waals surface area contributed by atoms with Crippen molar-refractivity contribution in [2.24, 2.45) is 5.73 Å². The molecule has 2 aromatic heterocycles. The highest BCUT2D eigenvalue weighted by Crippen LogP contribution is 2.46. The molecule has 3 aromatic rings. The molecule has 1 fully saturated rings. The zero-order chi connectivity index (χ0) is 28.5. The summed E-state index contributed by atoms with van der Waals surface area (Å²) in [7, 11) is 1.28. The molecular weight excluding hydrogens is 515 g/mol. The molecule has 39 heavy (non-hydrogen) atoms. The van der Waals surface area contributed by atoms with Crippen molar-refractivity contribution in [3.05, 3.63) is 65.5 Å². The van der Waals surface area contributed by atoms with Crippen LogP contribution >= 0.6 is 0 Å². The predicted octanol–water partition coefficient (Wildman–Crippen LogP) is 4.74. The highest BCUT2D eigenvalue weighted by molar-refractivity contribution is 5.97. The Balaban J connectivity index is 1.73. The second-order valence-corrected chi connectivity index (χ2v) is 10.4. The summed E-state index contributed by atoms with van der Waals surface area (Å²) in [4.78, 5) is 30.4. The van der Waals surface area contributed by atoms with Gasteiger partial charge in [0.25, 0.3) is 5.91 Å². The van der Waals surface area contributed by atoms with Crippen molar-refractivity contribution < 1.29 is 32.2 Å². The van der Waals surface area contributed by atoms with E-state index < -0.39 is 40.8 Å². The van der Waals surface area contributed by atoms with Crippen LogP contribution in [-0.2, 0) is 10.2 Å². The Hall–Kier alpha value is -4.22. The van der Waals surface area contributed by atoms with Crippen LogP contribution < -0.4 is 15.4 Å². The maximum atomic E-state index is 14.8. The fourth-order valence-corrected chi connectivity index (χ4v) is 4.55. The summed E-state index contributed by atoms with van der Waals surface area (Å²) < 4.78 is 54.3. The largest absolute Gasteiger partial charge is 0.496 e. The van der Waals surface area contributed by atoms with E-state index in [1.807, 2.05) is 0 Å². The molecule has 0 aliphatic heterocycles. The van der Waals surface area contributed by atoms with E-state index in [9.17, 15) is 22.8 Å². The highest BCUT2D eigenvalue weighted by atomic mass is 19.1. The second kappa shape index (κ2) is 10.5. The molecule has 4 rings (SSSR count). The Morgan fingerprint density at radius 1 is 1.13 bits per heavy atom. The van der Waals surface area contributed by atoms with Crippen molar-refractivity contribution in [3.8, 4) is 17.0 Å². The van der Waals surface area contributed by atoms with Crippen LogP contribution in [0.4, 0.5) is 23.8 Å². The van der Waals surface area contributed by atoms with Crippen molar-refractivity contribution in [1.29, 1.82) is 0 Å². The summed E-state index contributed by atoms with van der Waals surface area (Å²) in [5, 5.41) is 8.14. The average Bonchev–Trinajstić information content (AvgIpc) is 2.85. The molecule has 2 N–H and O–H groups in total. The standard InChI is InChI=1S/C27H28F3N5O4/c1-26(2,3)39-25(37)35(14-27(12-15(28)13-27)23-18(29)6-5-9-32-23)22-8-7-20(33-34-22)16-10-17(24(31)36)21(38-4)11-19(16)30/h5-11,15H,12-14H2,1-4H3,(H2,31,36)/t15-,27-. The number of pyridine rings is 1. The fourth-order valence-electron chi connectivity index (χ4n) is 4.55. The van der Waals surface area contributed by atoms with E-state index in [1.54, 1.807) is 20.8 Å². The maximum Gasteiger partial charge on any atom is 0.416 e. The topological polar surface area (TPSA) is 121 Å². The molecule has 0 saturated heterocycles. The van der Waals surface area contributed by atoms with Crippen molar-refractivity contribution >= 4 is 17.8 Å². The zero-order valence-electron chi connectivity index (χ0n) is 21.9. The molecule has 1 aliphatic rings. The number of amides is 2. The van der Waals surface area contributed by atoms with Gasteiger partial charge in [0.1, 0.15) is 29.2 Å². The van der Waals surface area contributed by atoms with E-state index >= 15 is 0 Å². The molecule has 0 bridgehead atoms. The lowest BCUT2D eigenvalue weighted by molar-refractivity contribution is 0.0507. The molecule has 0 unspecified atom stereocenters. The Bertz CT molecular complexity index is 1390. The number of hydrogen-bond donors (Lipinski definition) is 1. The number of primary amides is 1. The summed E-state index contributed by atoms with van der Waals surface area (Å²) in [6, 6.07) is 7.64. The number of carbonyl (C=O) groups is 2. The summed E-state index contributed by atoms with van der Waals surface area (Å²) in [6.45, 7) is 4.84. The van der Waals surface area contributed by atoms with Gasteiger partial charge in [-0.25, -0.2) is 18.0 Å². The third-order valence-electron chi connectivity index (χ3n) is 6.32. The van der Waals surface area contributed by atoms with E-state index in [-0.39, 0.29) is 53.5 Å². The van der Waals surface area contributed by atoms with Crippen LogP contribution in [0.1, 0.15) is 49.7 Å². The minimum Gasteiger partial charge on any atom is -0.496 e. The van der Waals surface area contributed by atoms with E-state index in [0.29, 0.717) is 0 Å². The van der Waals surface area contributed by atoms with Crippen LogP contribution in [-0.4, -0.2) is 52.6 Å². The van der Waals surface area contributed by atoms with Gasteiger partial charge in [-0.2, -0.15) is 0 Å². The minimum absolute atomic E-state index is 0.00932. The molecule has 1 aliphatic carbocycles. The van der Waals surface area contributed by atoms with Gasteiger partial charge >= 0.3 is 6.09 Å². The van der Waals surface area contributed by atoms with Gasteiger partial charge in [-0.15, -0.1) is 10.2 Å². The first kappa shape index (κ1) is 27.8. The third kappa shape index (κ3) is 5.79. The predicted molar refractivity (Wildman–Crippen MR) is 136 cm³/mol. The summed E-state index contributed by atoms with van der Waals surface area (Å²) >= 11 is 0. The molecule has 9 nitrogen and oxygen atoms in total. The lowest BCUT2D eigenvalue weighted by atomic mass is 9.64. The Kier molecular flexibility index (Phi) is 7.49. The minimum atomic E-state index is -1.20. The molecule has 2 amide bonds. The van der Waals surface area contributed by atoms with E-state index in [2.05, 4.69) is 15.2 Å². The normalized spacial score (nSPS) is 18.7. The first-order valence-corrected chi connectivity index (χ1v) is 12.1. The number of anilines is 1. The van der Waals surface area contributed by atoms with Crippen molar-refractivity contribution in [2.75, 3.05) is 18.6 Å². The monoisotopic (exact) mass is 543 g/mol.